The fourth-order valence-electron chi connectivity index (χ4n) is 1.47. The predicted molar refractivity (Wildman–Crippen MR) is 84.8 cm³/mol. The highest BCUT2D eigenvalue weighted by molar-refractivity contribution is 7.99. The molecule has 96 valence electrons. The van der Waals surface area contributed by atoms with Crippen LogP contribution in [0, 0.1) is 6.92 Å². The summed E-state index contributed by atoms with van der Waals surface area (Å²) >= 11 is 5.43. The third-order valence-electron chi connectivity index (χ3n) is 2.43. The van der Waals surface area contributed by atoms with Crippen molar-refractivity contribution in [3.05, 3.63) is 59.9 Å². The predicted octanol–water partition coefficient (Wildman–Crippen LogP) is 4.27. The molecule has 2 aromatic rings. The van der Waals surface area contributed by atoms with Crippen molar-refractivity contribution in [2.45, 2.75) is 18.2 Å². The minimum atomic E-state index is 1.10. The average Bonchev–Trinajstić information content (AvgIpc) is 2.44. The molecule has 0 bridgehead atoms. The van der Waals surface area contributed by atoms with E-state index in [9.17, 15) is 0 Å². The lowest BCUT2D eigenvalue weighted by molar-refractivity contribution is 1.13. The molecule has 0 unspecified atom stereocenters. The number of benzene rings is 1. The van der Waals surface area contributed by atoms with Gasteiger partial charge in [0.15, 0.2) is 0 Å². The van der Waals surface area contributed by atoms with Crippen molar-refractivity contribution in [3.63, 3.8) is 0 Å². The zero-order valence-corrected chi connectivity index (χ0v) is 12.5. The average molecular weight is 277 g/mol. The molecule has 0 atom stereocenters. The normalized spacial score (nSPS) is 9.50. The molecule has 1 heterocycles. The molecule has 0 radical (unpaired) electrons. The SMILES string of the molecule is CS.Cc1ccc(SCCc2ccncc2)cc1. The molecule has 1 aromatic heterocycles. The number of aromatic nitrogens is 1. The van der Waals surface area contributed by atoms with Crippen LogP contribution < -0.4 is 0 Å². The van der Waals surface area contributed by atoms with Gasteiger partial charge in [0.05, 0.1) is 0 Å². The first-order valence-corrected chi connectivity index (χ1v) is 7.76. The maximum Gasteiger partial charge on any atom is 0.0270 e. The van der Waals surface area contributed by atoms with Gasteiger partial charge in [-0.1, -0.05) is 17.7 Å². The van der Waals surface area contributed by atoms with Gasteiger partial charge in [-0.25, -0.2) is 0 Å². The number of nitrogens with zero attached hydrogens (tertiary/aromatic N) is 1. The van der Waals surface area contributed by atoms with E-state index in [2.05, 4.69) is 60.9 Å². The summed E-state index contributed by atoms with van der Waals surface area (Å²) in [6, 6.07) is 12.9. The third kappa shape index (κ3) is 5.61. The highest BCUT2D eigenvalue weighted by Crippen LogP contribution is 2.19. The molecule has 0 amide bonds. The van der Waals surface area contributed by atoms with E-state index in [1.165, 1.54) is 16.0 Å². The first-order valence-electron chi connectivity index (χ1n) is 5.88. The van der Waals surface area contributed by atoms with E-state index in [0.29, 0.717) is 0 Å². The van der Waals surface area contributed by atoms with Crippen LogP contribution in [-0.4, -0.2) is 17.0 Å². The fraction of sp³-hybridized carbons (Fsp3) is 0.267. The first kappa shape index (κ1) is 15.1. The summed E-state index contributed by atoms with van der Waals surface area (Å²) in [7, 11) is 0. The summed E-state index contributed by atoms with van der Waals surface area (Å²) < 4.78 is 0. The van der Waals surface area contributed by atoms with Crippen molar-refractivity contribution in [3.8, 4) is 0 Å². The summed E-state index contributed by atoms with van der Waals surface area (Å²) in [6.07, 6.45) is 6.50. The number of thiol groups is 1. The summed E-state index contributed by atoms with van der Waals surface area (Å²) in [6.45, 7) is 2.12. The molecule has 1 aromatic carbocycles. The van der Waals surface area contributed by atoms with E-state index < -0.39 is 0 Å². The van der Waals surface area contributed by atoms with Gasteiger partial charge in [0, 0.05) is 23.0 Å². The van der Waals surface area contributed by atoms with Gasteiger partial charge in [0.25, 0.3) is 0 Å². The van der Waals surface area contributed by atoms with Crippen LogP contribution in [0.25, 0.3) is 0 Å². The molecule has 0 spiro atoms. The van der Waals surface area contributed by atoms with Crippen LogP contribution in [0.2, 0.25) is 0 Å². The number of aryl methyl sites for hydroxylation is 2. The zero-order chi connectivity index (χ0) is 13.2. The fourth-order valence-corrected chi connectivity index (χ4v) is 2.37. The van der Waals surface area contributed by atoms with Crippen molar-refractivity contribution < 1.29 is 0 Å². The molecule has 1 nitrogen and oxygen atoms in total. The molecular formula is C15H19NS2. The number of thioether (sulfide) groups is 1. The Bertz CT molecular complexity index is 426. The lowest BCUT2D eigenvalue weighted by Gasteiger charge is -2.02. The Balaban J connectivity index is 0.000000771. The standard InChI is InChI=1S/C14H15NS.CH4S/c1-12-2-4-14(5-3-12)16-11-8-13-6-9-15-10-7-13;1-2/h2-7,9-10H,8,11H2,1H3;2H,1H3. The van der Waals surface area contributed by atoms with E-state index in [0.717, 1.165) is 12.2 Å². The molecule has 0 aliphatic heterocycles. The van der Waals surface area contributed by atoms with E-state index in [1.54, 1.807) is 6.26 Å². The monoisotopic (exact) mass is 277 g/mol. The molecule has 2 rings (SSSR count). The first-order chi connectivity index (χ1) is 8.84. The van der Waals surface area contributed by atoms with Gasteiger partial charge in [-0.05, 0) is 49.4 Å². The summed E-state index contributed by atoms with van der Waals surface area (Å²) in [5.74, 6) is 1.12. The van der Waals surface area contributed by atoms with Crippen molar-refractivity contribution in [2.24, 2.45) is 0 Å². The lowest BCUT2D eigenvalue weighted by Crippen LogP contribution is -1.88. The molecule has 0 fully saturated rings. The maximum absolute atomic E-state index is 4.01. The van der Waals surface area contributed by atoms with Gasteiger partial charge in [-0.2, -0.15) is 12.6 Å². The Morgan fingerprint density at radius 1 is 1.00 bits per heavy atom. The van der Waals surface area contributed by atoms with E-state index in [4.69, 9.17) is 0 Å². The van der Waals surface area contributed by atoms with Crippen molar-refractivity contribution >= 4 is 24.4 Å². The Kier molecular flexibility index (Phi) is 7.62. The largest absolute Gasteiger partial charge is 0.265 e. The second-order valence-electron chi connectivity index (χ2n) is 3.77. The zero-order valence-electron chi connectivity index (χ0n) is 10.8. The highest BCUT2D eigenvalue weighted by Gasteiger charge is 1.95. The van der Waals surface area contributed by atoms with Crippen LogP contribution in [0.5, 0.6) is 0 Å². The van der Waals surface area contributed by atoms with Crippen LogP contribution in [0.1, 0.15) is 11.1 Å². The molecule has 0 aliphatic carbocycles. The van der Waals surface area contributed by atoms with Crippen LogP contribution in [0.3, 0.4) is 0 Å². The highest BCUT2D eigenvalue weighted by atomic mass is 32.2. The Hall–Kier alpha value is -0.930. The summed E-state index contributed by atoms with van der Waals surface area (Å²) in [5, 5.41) is 0. The van der Waals surface area contributed by atoms with Crippen molar-refractivity contribution in [2.75, 3.05) is 12.0 Å². The van der Waals surface area contributed by atoms with Gasteiger partial charge >= 0.3 is 0 Å². The van der Waals surface area contributed by atoms with E-state index >= 15 is 0 Å². The molecular weight excluding hydrogens is 258 g/mol. The second-order valence-corrected chi connectivity index (χ2v) is 4.94. The topological polar surface area (TPSA) is 12.9 Å². The molecule has 0 saturated heterocycles. The van der Waals surface area contributed by atoms with Gasteiger partial charge in [0.2, 0.25) is 0 Å². The number of pyridine rings is 1. The van der Waals surface area contributed by atoms with E-state index in [-0.39, 0.29) is 0 Å². The van der Waals surface area contributed by atoms with Gasteiger partial charge < -0.3 is 0 Å². The molecule has 0 saturated carbocycles. The van der Waals surface area contributed by atoms with Gasteiger partial charge in [-0.15, -0.1) is 11.8 Å². The van der Waals surface area contributed by atoms with Gasteiger partial charge in [-0.3, -0.25) is 4.98 Å². The molecule has 0 N–H and O–H groups in total. The number of hydrogen-bond acceptors (Lipinski definition) is 3. The molecule has 18 heavy (non-hydrogen) atoms. The van der Waals surface area contributed by atoms with Crippen LogP contribution in [0.15, 0.2) is 53.7 Å². The Morgan fingerprint density at radius 2 is 1.61 bits per heavy atom. The summed E-state index contributed by atoms with van der Waals surface area (Å²) in [5.41, 5.74) is 2.67. The second kappa shape index (κ2) is 9.06. The van der Waals surface area contributed by atoms with Crippen LogP contribution >= 0.6 is 24.4 Å². The third-order valence-corrected chi connectivity index (χ3v) is 3.44. The smallest absolute Gasteiger partial charge is 0.0270 e. The Labute approximate surface area is 119 Å². The Morgan fingerprint density at radius 3 is 2.22 bits per heavy atom. The van der Waals surface area contributed by atoms with Gasteiger partial charge in [0.1, 0.15) is 0 Å². The summed E-state index contributed by atoms with van der Waals surface area (Å²) in [4.78, 5) is 5.36. The van der Waals surface area contributed by atoms with Crippen molar-refractivity contribution in [1.29, 1.82) is 0 Å². The van der Waals surface area contributed by atoms with E-state index in [1.807, 2.05) is 24.2 Å². The number of hydrogen-bond donors (Lipinski definition) is 1. The van der Waals surface area contributed by atoms with Crippen molar-refractivity contribution in [1.82, 2.24) is 4.98 Å². The molecule has 0 aliphatic rings. The quantitative estimate of drug-likeness (QED) is 0.662. The molecule has 3 heteroatoms. The lowest BCUT2D eigenvalue weighted by atomic mass is 10.2. The van der Waals surface area contributed by atoms with Crippen LogP contribution in [-0.2, 0) is 6.42 Å². The minimum absolute atomic E-state index is 1.10. The minimum Gasteiger partial charge on any atom is -0.265 e. The van der Waals surface area contributed by atoms with Crippen LogP contribution in [0.4, 0.5) is 0 Å². The maximum atomic E-state index is 4.01. The number of rotatable bonds is 4.